The summed E-state index contributed by atoms with van der Waals surface area (Å²) in [4.78, 5) is 17.0. The smallest absolute Gasteiger partial charge is 0.234 e. The fraction of sp³-hybridized carbons (Fsp3) is 0.238. The molecule has 1 N–H and O–H groups in total. The van der Waals surface area contributed by atoms with Crippen molar-refractivity contribution >= 4 is 34.3 Å². The summed E-state index contributed by atoms with van der Waals surface area (Å²) in [6, 6.07) is 13.7. The lowest BCUT2D eigenvalue weighted by atomic mass is 10.0. The van der Waals surface area contributed by atoms with Crippen molar-refractivity contribution in [1.82, 2.24) is 4.98 Å². The minimum absolute atomic E-state index is 0.0663. The molecule has 26 heavy (non-hydrogen) atoms. The zero-order valence-electron chi connectivity index (χ0n) is 15.4. The predicted molar refractivity (Wildman–Crippen MR) is 108 cm³/mol. The number of hydrogen-bond donors (Lipinski definition) is 1. The zero-order valence-corrected chi connectivity index (χ0v) is 16.2. The quantitative estimate of drug-likeness (QED) is 0.653. The number of benzene rings is 2. The van der Waals surface area contributed by atoms with Crippen LogP contribution in [0, 0.1) is 20.8 Å². The summed E-state index contributed by atoms with van der Waals surface area (Å²) < 4.78 is 5.17. The minimum atomic E-state index is -0.0663. The molecule has 2 aromatic carbocycles. The fourth-order valence-electron chi connectivity index (χ4n) is 2.93. The number of nitrogens with zero attached hydrogens (tertiary/aromatic N) is 1. The van der Waals surface area contributed by atoms with E-state index in [2.05, 4.69) is 38.2 Å². The van der Waals surface area contributed by atoms with E-state index in [1.54, 1.807) is 13.2 Å². The highest BCUT2D eigenvalue weighted by Crippen LogP contribution is 2.27. The third-order valence-corrected chi connectivity index (χ3v) is 5.05. The molecule has 1 amide bonds. The van der Waals surface area contributed by atoms with Crippen molar-refractivity contribution in [1.29, 1.82) is 0 Å². The highest BCUT2D eigenvalue weighted by Gasteiger charge is 2.09. The lowest BCUT2D eigenvalue weighted by molar-refractivity contribution is -0.113. The number of pyridine rings is 1. The first-order valence-corrected chi connectivity index (χ1v) is 9.40. The Hall–Kier alpha value is -2.53. The number of hydrogen-bond acceptors (Lipinski definition) is 4. The normalized spacial score (nSPS) is 10.8. The van der Waals surface area contributed by atoms with Gasteiger partial charge >= 0.3 is 0 Å². The molecule has 0 unspecified atom stereocenters. The van der Waals surface area contributed by atoms with E-state index < -0.39 is 0 Å². The van der Waals surface area contributed by atoms with Crippen LogP contribution in [0.15, 0.2) is 47.5 Å². The lowest BCUT2D eigenvalue weighted by Crippen LogP contribution is -2.14. The Labute approximate surface area is 158 Å². The highest BCUT2D eigenvalue weighted by atomic mass is 32.2. The molecule has 134 valence electrons. The summed E-state index contributed by atoms with van der Waals surface area (Å²) in [6.45, 7) is 6.26. The van der Waals surface area contributed by atoms with Crippen LogP contribution in [-0.4, -0.2) is 23.8 Å². The molecule has 0 aliphatic rings. The maximum Gasteiger partial charge on any atom is 0.234 e. The Morgan fingerprint density at radius 2 is 1.92 bits per heavy atom. The Balaban J connectivity index is 1.72. The van der Waals surface area contributed by atoms with Gasteiger partial charge in [-0.1, -0.05) is 29.5 Å². The van der Waals surface area contributed by atoms with Crippen LogP contribution in [-0.2, 0) is 4.79 Å². The topological polar surface area (TPSA) is 51.2 Å². The van der Waals surface area contributed by atoms with Crippen LogP contribution in [0.25, 0.3) is 10.9 Å². The van der Waals surface area contributed by atoms with Crippen molar-refractivity contribution in [3.05, 3.63) is 59.2 Å². The maximum atomic E-state index is 12.2. The van der Waals surface area contributed by atoms with Gasteiger partial charge in [0.15, 0.2) is 0 Å². The van der Waals surface area contributed by atoms with Gasteiger partial charge in [-0.3, -0.25) is 4.79 Å². The Morgan fingerprint density at radius 3 is 2.69 bits per heavy atom. The highest BCUT2D eigenvalue weighted by molar-refractivity contribution is 7.99. The van der Waals surface area contributed by atoms with Gasteiger partial charge in [-0.15, -0.1) is 0 Å². The van der Waals surface area contributed by atoms with E-state index in [4.69, 9.17) is 9.72 Å². The molecule has 0 fully saturated rings. The second-order valence-electron chi connectivity index (χ2n) is 6.32. The standard InChI is InChI=1S/C21H22N2O2S/c1-13-8-15(3)21-18(9-13)14(2)10-20(23-21)26-12-19(24)22-16-6-5-7-17(11-16)25-4/h5-11H,12H2,1-4H3,(H,22,24). The van der Waals surface area contributed by atoms with Crippen LogP contribution in [0.2, 0.25) is 0 Å². The van der Waals surface area contributed by atoms with Crippen molar-refractivity contribution < 1.29 is 9.53 Å². The summed E-state index contributed by atoms with van der Waals surface area (Å²) in [5.74, 6) is 0.955. The average molecular weight is 366 g/mol. The van der Waals surface area contributed by atoms with E-state index in [-0.39, 0.29) is 5.91 Å². The van der Waals surface area contributed by atoms with E-state index >= 15 is 0 Å². The number of aromatic nitrogens is 1. The molecule has 1 heterocycles. The second-order valence-corrected chi connectivity index (χ2v) is 7.32. The third-order valence-electron chi connectivity index (χ3n) is 4.14. The molecule has 0 atom stereocenters. The molecule has 0 bridgehead atoms. The molecule has 0 aliphatic heterocycles. The Morgan fingerprint density at radius 1 is 1.12 bits per heavy atom. The molecule has 0 saturated heterocycles. The van der Waals surface area contributed by atoms with Gasteiger partial charge in [-0.05, 0) is 56.2 Å². The summed E-state index contributed by atoms with van der Waals surface area (Å²) in [7, 11) is 1.61. The number of nitrogens with one attached hydrogen (secondary N) is 1. The third kappa shape index (κ3) is 4.17. The van der Waals surface area contributed by atoms with Gasteiger partial charge in [0.2, 0.25) is 5.91 Å². The van der Waals surface area contributed by atoms with Crippen LogP contribution < -0.4 is 10.1 Å². The molecule has 0 aliphatic carbocycles. The van der Waals surface area contributed by atoms with Crippen molar-refractivity contribution in [2.45, 2.75) is 25.8 Å². The molecule has 1 aromatic heterocycles. The number of anilines is 1. The van der Waals surface area contributed by atoms with Crippen LogP contribution >= 0.6 is 11.8 Å². The van der Waals surface area contributed by atoms with Gasteiger partial charge in [0, 0.05) is 17.1 Å². The first kappa shape index (κ1) is 18.3. The number of methoxy groups -OCH3 is 1. The van der Waals surface area contributed by atoms with E-state index in [9.17, 15) is 4.79 Å². The predicted octanol–water partition coefficient (Wildman–Crippen LogP) is 4.90. The average Bonchev–Trinajstić information content (AvgIpc) is 2.61. The molecular formula is C21H22N2O2S. The van der Waals surface area contributed by atoms with Crippen LogP contribution in [0.4, 0.5) is 5.69 Å². The number of carbonyl (C=O) groups excluding carboxylic acids is 1. The number of fused-ring (bicyclic) bond motifs is 1. The number of aryl methyl sites for hydroxylation is 3. The monoisotopic (exact) mass is 366 g/mol. The Bertz CT molecular complexity index is 970. The fourth-order valence-corrected chi connectivity index (χ4v) is 3.69. The molecule has 3 aromatic rings. The van der Waals surface area contributed by atoms with E-state index in [0.717, 1.165) is 21.8 Å². The lowest BCUT2D eigenvalue weighted by Gasteiger charge is -2.10. The van der Waals surface area contributed by atoms with E-state index in [0.29, 0.717) is 11.5 Å². The number of thioether (sulfide) groups is 1. The zero-order chi connectivity index (χ0) is 18.7. The minimum Gasteiger partial charge on any atom is -0.497 e. The number of rotatable bonds is 5. The van der Waals surface area contributed by atoms with Crippen molar-refractivity contribution in [3.63, 3.8) is 0 Å². The van der Waals surface area contributed by atoms with Crippen molar-refractivity contribution in [2.75, 3.05) is 18.2 Å². The number of carbonyl (C=O) groups is 1. The summed E-state index contributed by atoms with van der Waals surface area (Å²) in [6.07, 6.45) is 0. The molecule has 4 nitrogen and oxygen atoms in total. The molecule has 0 saturated carbocycles. The van der Waals surface area contributed by atoms with Crippen molar-refractivity contribution in [3.8, 4) is 5.75 Å². The summed E-state index contributed by atoms with van der Waals surface area (Å²) >= 11 is 1.45. The summed E-state index contributed by atoms with van der Waals surface area (Å²) in [5.41, 5.74) is 5.30. The van der Waals surface area contributed by atoms with Gasteiger partial charge in [-0.25, -0.2) is 4.98 Å². The van der Waals surface area contributed by atoms with E-state index in [1.165, 1.54) is 28.3 Å². The molecule has 0 spiro atoms. The summed E-state index contributed by atoms with van der Waals surface area (Å²) in [5, 5.41) is 4.93. The number of ether oxygens (including phenoxy) is 1. The van der Waals surface area contributed by atoms with Gasteiger partial charge < -0.3 is 10.1 Å². The molecule has 3 rings (SSSR count). The van der Waals surface area contributed by atoms with Gasteiger partial charge in [-0.2, -0.15) is 0 Å². The molecule has 5 heteroatoms. The van der Waals surface area contributed by atoms with Gasteiger partial charge in [0.05, 0.1) is 23.4 Å². The van der Waals surface area contributed by atoms with Crippen LogP contribution in [0.3, 0.4) is 0 Å². The van der Waals surface area contributed by atoms with Gasteiger partial charge in [0.25, 0.3) is 0 Å². The van der Waals surface area contributed by atoms with Gasteiger partial charge in [0.1, 0.15) is 5.75 Å². The second kappa shape index (κ2) is 7.79. The Kier molecular flexibility index (Phi) is 5.47. The SMILES string of the molecule is COc1cccc(NC(=O)CSc2cc(C)c3cc(C)cc(C)c3n2)c1. The first-order valence-electron chi connectivity index (χ1n) is 8.41. The van der Waals surface area contributed by atoms with Crippen molar-refractivity contribution in [2.24, 2.45) is 0 Å². The molecular weight excluding hydrogens is 344 g/mol. The maximum absolute atomic E-state index is 12.2. The first-order chi connectivity index (χ1) is 12.5. The molecule has 0 radical (unpaired) electrons. The van der Waals surface area contributed by atoms with Crippen LogP contribution in [0.5, 0.6) is 5.75 Å². The largest absolute Gasteiger partial charge is 0.497 e. The number of amides is 1. The van der Waals surface area contributed by atoms with E-state index in [1.807, 2.05) is 24.3 Å². The van der Waals surface area contributed by atoms with Crippen LogP contribution in [0.1, 0.15) is 16.7 Å².